The van der Waals surface area contributed by atoms with Crippen LogP contribution in [-0.4, -0.2) is 112 Å². The van der Waals surface area contributed by atoms with E-state index in [2.05, 4.69) is 30.3 Å². The summed E-state index contributed by atoms with van der Waals surface area (Å²) in [7, 11) is -4.83. The molecule has 2 aliphatic carbocycles. The topological polar surface area (TPSA) is 298 Å². The first-order valence-corrected chi connectivity index (χ1v) is 34.3. The molecule has 24 nitrogen and oxygen atoms in total. The number of likely N-dealkylation sites (N-methyl/N-ethyl adjacent to an activating group) is 2. The monoisotopic (exact) mass is 1340 g/mol. The molecule has 0 spiro atoms. The molecule has 26 heteroatoms. The Kier molecular flexibility index (Phi) is 20.1. The van der Waals surface area contributed by atoms with E-state index in [1.807, 2.05) is 74.5 Å². The van der Waals surface area contributed by atoms with Gasteiger partial charge in [0.05, 0.1) is 34.0 Å². The molecule has 0 unspecified atom stereocenters. The number of carbonyl (C=O) groups excluding carboxylic acids is 6. The number of hydrogen-bond donors (Lipinski definition) is 4. The Balaban J connectivity index is 0.000000195. The van der Waals surface area contributed by atoms with Crippen molar-refractivity contribution in [3.63, 3.8) is 0 Å². The van der Waals surface area contributed by atoms with Crippen molar-refractivity contribution in [2.45, 2.75) is 126 Å². The van der Waals surface area contributed by atoms with E-state index in [0.717, 1.165) is 53.6 Å². The van der Waals surface area contributed by atoms with E-state index in [0.29, 0.717) is 62.6 Å². The first kappa shape index (κ1) is 67.1. The number of rotatable bonds is 24. The zero-order valence-corrected chi connectivity index (χ0v) is 55.5. The molecule has 2 aromatic heterocycles. The molecule has 4 heterocycles. The first-order valence-electron chi connectivity index (χ1n) is 31.3. The van der Waals surface area contributed by atoms with Crippen LogP contribution in [-0.2, 0) is 87.6 Å². The van der Waals surface area contributed by atoms with Gasteiger partial charge in [0.15, 0.2) is 23.0 Å². The lowest BCUT2D eigenvalue weighted by Gasteiger charge is -2.25. The second-order valence-corrected chi connectivity index (χ2v) is 27.7. The van der Waals surface area contributed by atoms with Gasteiger partial charge >= 0.3 is 0 Å². The summed E-state index contributed by atoms with van der Waals surface area (Å²) in [6, 6.07) is 39.9. The third-order valence-corrected chi connectivity index (χ3v) is 19.8. The number of ether oxygens (including phenoxy) is 4. The summed E-state index contributed by atoms with van der Waals surface area (Å²) >= 11 is 0. The highest BCUT2D eigenvalue weighted by Crippen LogP contribution is 2.44. The van der Waals surface area contributed by atoms with Crippen LogP contribution in [0.25, 0.3) is 0 Å². The Morgan fingerprint density at radius 1 is 0.500 bits per heavy atom. The van der Waals surface area contributed by atoms with Crippen molar-refractivity contribution < 1.29 is 64.6 Å². The van der Waals surface area contributed by atoms with Gasteiger partial charge in [-0.25, -0.2) is 26.3 Å². The van der Waals surface area contributed by atoms with Gasteiger partial charge in [-0.3, -0.25) is 38.1 Å². The number of benzene rings is 6. The maximum atomic E-state index is 13.9. The molecule has 4 aliphatic rings. The maximum absolute atomic E-state index is 13.9. The number of amides is 6. The molecule has 2 fully saturated rings. The van der Waals surface area contributed by atoms with Crippen LogP contribution in [0.4, 0.5) is 11.4 Å². The van der Waals surface area contributed by atoms with Crippen molar-refractivity contribution >= 4 is 66.9 Å². The molecule has 0 bridgehead atoms. The number of aryl methyl sites for hydroxylation is 3. The van der Waals surface area contributed by atoms with E-state index in [1.165, 1.54) is 38.7 Å². The number of sulfonamides is 2. The lowest BCUT2D eigenvalue weighted by Crippen LogP contribution is -2.49. The summed E-state index contributed by atoms with van der Waals surface area (Å²) in [5, 5.41) is 15.1. The molecule has 6 amide bonds. The van der Waals surface area contributed by atoms with Gasteiger partial charge in [0, 0.05) is 84.8 Å². The summed E-state index contributed by atoms with van der Waals surface area (Å²) in [4.78, 5) is 83.8. The number of hydrogen-bond acceptors (Lipinski definition) is 16. The van der Waals surface area contributed by atoms with Crippen molar-refractivity contribution in [2.75, 3.05) is 37.5 Å². The molecule has 12 rings (SSSR count). The van der Waals surface area contributed by atoms with Crippen LogP contribution in [0.5, 0.6) is 23.0 Å². The van der Waals surface area contributed by atoms with Gasteiger partial charge in [-0.15, -0.1) is 0 Å². The third kappa shape index (κ3) is 16.2. The van der Waals surface area contributed by atoms with Gasteiger partial charge in [0.2, 0.25) is 49.0 Å². The van der Waals surface area contributed by atoms with Crippen LogP contribution in [0.15, 0.2) is 155 Å². The first-order chi connectivity index (χ1) is 46.0. The third-order valence-electron chi connectivity index (χ3n) is 17.0. The van der Waals surface area contributed by atoms with Crippen LogP contribution in [0, 0.1) is 27.7 Å². The van der Waals surface area contributed by atoms with Crippen molar-refractivity contribution in [1.29, 1.82) is 0 Å². The molecule has 6 aromatic carbocycles. The van der Waals surface area contributed by atoms with Gasteiger partial charge in [0.25, 0.3) is 20.0 Å². The molecular formula is C70H74N10O14S2. The number of nitrogens with one attached hydrogen (secondary N) is 4. The Morgan fingerprint density at radius 2 is 0.917 bits per heavy atom. The highest BCUT2D eigenvalue weighted by atomic mass is 32.2. The Hall–Kier alpha value is -10.3. The fourth-order valence-corrected chi connectivity index (χ4v) is 13.4. The van der Waals surface area contributed by atoms with Crippen LogP contribution >= 0.6 is 0 Å². The molecule has 0 saturated heterocycles. The van der Waals surface area contributed by atoms with E-state index < -0.39 is 55.8 Å². The second-order valence-electron chi connectivity index (χ2n) is 24.3. The van der Waals surface area contributed by atoms with Crippen LogP contribution in [0.3, 0.4) is 0 Å². The molecule has 96 heavy (non-hydrogen) atoms. The Bertz CT molecular complexity index is 4390. The zero-order chi connectivity index (χ0) is 68.0. The quantitative estimate of drug-likeness (QED) is 0.0469. The Labute approximate surface area is 556 Å². The normalized spacial score (nSPS) is 14.3. The standard InChI is InChI=1S/2C35H37N5O7S/c1-22-9-14-27(15-10-22)48(44,45)38-32(41)19-28-23(2)40(37-34(28)25-11-12-25)20-33(42)36-29(17-24-7-5-4-6-8-24)35(43)39(3)26-13-16-30-31(18-26)47-21-46-30;1-22-9-14-27(15-10-22)48(44,45)38-32(41)19-28-23(2)37-40(34(28)25-11-12-25)20-33(42)36-29(17-24-7-5-4-6-8-24)35(43)39(3)26-13-16-30-31(18-26)47-21-46-30/h2*4-10,13-16,18,25,29H,11-12,17,19-21H2,1-3H3,(H,36,42)(H,38,41)/t2*29-/m00/s1. The van der Waals surface area contributed by atoms with Crippen LogP contribution in [0.1, 0.15) is 93.7 Å². The molecule has 0 radical (unpaired) electrons. The minimum atomic E-state index is -4.06. The fraction of sp³-hybridized carbons (Fsp3) is 0.314. The Morgan fingerprint density at radius 3 is 1.35 bits per heavy atom. The minimum absolute atomic E-state index is 0.00303. The highest BCUT2D eigenvalue weighted by Gasteiger charge is 2.36. The summed E-state index contributed by atoms with van der Waals surface area (Å²) in [5.41, 5.74) is 8.43. The largest absolute Gasteiger partial charge is 0.454 e. The highest BCUT2D eigenvalue weighted by molar-refractivity contribution is 7.90. The number of aromatic nitrogens is 4. The zero-order valence-electron chi connectivity index (χ0n) is 53.9. The molecule has 500 valence electrons. The van der Waals surface area contributed by atoms with E-state index in [1.54, 1.807) is 93.3 Å². The lowest BCUT2D eigenvalue weighted by atomic mass is 10.0. The van der Waals surface area contributed by atoms with Crippen LogP contribution < -0.4 is 48.8 Å². The number of fused-ring (bicyclic) bond motifs is 2. The smallest absolute Gasteiger partial charge is 0.264 e. The molecule has 2 saturated carbocycles. The molecule has 2 aliphatic heterocycles. The van der Waals surface area contributed by atoms with Crippen LogP contribution in [0.2, 0.25) is 0 Å². The van der Waals surface area contributed by atoms with Crippen molar-refractivity contribution in [3.8, 4) is 23.0 Å². The summed E-state index contributed by atoms with van der Waals surface area (Å²) in [6.07, 6.45) is 3.59. The minimum Gasteiger partial charge on any atom is -0.454 e. The molecule has 8 aromatic rings. The molecule has 2 atom stereocenters. The SMILES string of the molecule is Cc1ccc(S(=O)(=O)NC(=O)Cc2c(C)nn(CC(=O)N[C@@H](Cc3ccccc3)C(=O)N(C)c3ccc4c(c3)OCO4)c2C2CC2)cc1.Cc1ccc(S(=O)(=O)NC(=O)Cc2c(C3CC3)nn(CC(=O)N[C@@H](Cc3ccccc3)C(=O)N(C)c3ccc4c(c3)OCO4)c2C)cc1. The molecular weight excluding hydrogens is 1270 g/mol. The predicted octanol–water partition coefficient (Wildman–Crippen LogP) is 7.09. The predicted molar refractivity (Wildman–Crippen MR) is 354 cm³/mol. The van der Waals surface area contributed by atoms with Crippen molar-refractivity contribution in [1.82, 2.24) is 39.6 Å². The van der Waals surface area contributed by atoms with Crippen molar-refractivity contribution in [3.05, 3.63) is 202 Å². The summed E-state index contributed by atoms with van der Waals surface area (Å²) in [6.45, 7) is 7.02. The maximum Gasteiger partial charge on any atom is 0.264 e. The van der Waals surface area contributed by atoms with E-state index in [-0.39, 0.29) is 85.8 Å². The average molecular weight is 1340 g/mol. The number of carbonyl (C=O) groups is 6. The summed E-state index contributed by atoms with van der Waals surface area (Å²) < 4.78 is 80.5. The second kappa shape index (κ2) is 28.7. The van der Waals surface area contributed by atoms with E-state index >= 15 is 0 Å². The van der Waals surface area contributed by atoms with Gasteiger partial charge in [0.1, 0.15) is 25.2 Å². The van der Waals surface area contributed by atoms with E-state index in [9.17, 15) is 45.6 Å². The summed E-state index contributed by atoms with van der Waals surface area (Å²) in [5.74, 6) is -0.399. The average Bonchev–Trinajstić information content (AvgIpc) is 1.65. The van der Waals surface area contributed by atoms with Gasteiger partial charge in [-0.1, -0.05) is 96.1 Å². The van der Waals surface area contributed by atoms with Crippen molar-refractivity contribution in [2.24, 2.45) is 0 Å². The molecule has 4 N–H and O–H groups in total. The van der Waals surface area contributed by atoms with E-state index in [4.69, 9.17) is 18.9 Å². The fourth-order valence-electron chi connectivity index (χ4n) is 11.5. The van der Waals surface area contributed by atoms with Gasteiger partial charge < -0.3 is 39.4 Å². The number of anilines is 2. The van der Waals surface area contributed by atoms with Gasteiger partial charge in [-0.05, 0) is 113 Å². The van der Waals surface area contributed by atoms with Gasteiger partial charge in [-0.2, -0.15) is 10.2 Å². The number of nitrogens with zero attached hydrogens (tertiary/aromatic N) is 6. The lowest BCUT2D eigenvalue weighted by molar-refractivity contribution is -0.128.